The molecule has 0 atom stereocenters. The summed E-state index contributed by atoms with van der Waals surface area (Å²) in [6.07, 6.45) is 14.5. The molecule has 0 N–H and O–H groups in total. The second-order valence-corrected chi connectivity index (χ2v) is 5.34. The lowest BCUT2D eigenvalue weighted by atomic mass is 10.1. The Bertz CT molecular complexity index is 483. The fourth-order valence-electron chi connectivity index (χ4n) is 1.95. The second-order valence-electron chi connectivity index (χ2n) is 5.34. The number of hydrogen-bond acceptors (Lipinski definition) is 2. The molecule has 2 nitrogen and oxygen atoms in total. The Morgan fingerprint density at radius 2 is 1.48 bits per heavy atom. The summed E-state index contributed by atoms with van der Waals surface area (Å²) in [5.41, 5.74) is 0. The molecule has 23 heavy (non-hydrogen) atoms. The molecule has 0 aromatic rings. The Kier molecular flexibility index (Phi) is 12.4. The highest BCUT2D eigenvalue weighted by molar-refractivity contribution is 5.68. The number of rotatable bonds is 15. The van der Waals surface area contributed by atoms with Gasteiger partial charge in [-0.15, -0.1) is 0 Å². The van der Waals surface area contributed by atoms with E-state index in [2.05, 4.69) is 29.9 Å². The van der Waals surface area contributed by atoms with E-state index in [9.17, 15) is 4.79 Å². The number of carbonyl (C=O) groups is 1. The van der Waals surface area contributed by atoms with Gasteiger partial charge in [-0.3, -0.25) is 4.79 Å². The van der Waals surface area contributed by atoms with Gasteiger partial charge in [-0.2, -0.15) is 0 Å². The molecule has 0 aliphatic carbocycles. The molecule has 132 valence electrons. The monoisotopic (exact) mass is 324 g/mol. The Morgan fingerprint density at radius 3 is 2.17 bits per heavy atom. The molecule has 0 amide bonds. The van der Waals surface area contributed by atoms with Crippen LogP contribution in [0, 0.1) is 0 Å². The molecule has 0 aliphatic heterocycles. The van der Waals surface area contributed by atoms with Crippen LogP contribution in [0.4, 0.5) is 0 Å². The van der Waals surface area contributed by atoms with E-state index in [1.165, 1.54) is 7.11 Å². The van der Waals surface area contributed by atoms with Crippen LogP contribution in [0.25, 0.3) is 0 Å². The standard InChI is InChI=1S/C21H36O2/c1-3-4-5-6-7-8-9-10-11-12-13-14-15-16-17-18-19-20-21(22)23-2/h4-5,7-8,10-11H,3,6,9,12-20H2,1-2H3/b5-4+,8-7+,11-10+/i13D2,14D2. The zero-order valence-corrected chi connectivity index (χ0v) is 14.9. The maximum atomic E-state index is 11.0. The molecule has 0 bridgehead atoms. The molecule has 0 aliphatic rings. The normalized spacial score (nSPS) is 15.7. The summed E-state index contributed by atoms with van der Waals surface area (Å²) < 4.78 is 36.9. The molecular formula is C21H36O2. The summed E-state index contributed by atoms with van der Waals surface area (Å²) >= 11 is 0. The third-order valence-corrected chi connectivity index (χ3v) is 3.29. The lowest BCUT2D eigenvalue weighted by molar-refractivity contribution is -0.140. The molecule has 0 spiro atoms. The predicted octanol–water partition coefficient (Wildman–Crippen LogP) is 6.53. The minimum absolute atomic E-state index is 0.0753. The lowest BCUT2D eigenvalue weighted by Gasteiger charge is -2.01. The summed E-state index contributed by atoms with van der Waals surface area (Å²) in [6.45, 7) is 2.10. The summed E-state index contributed by atoms with van der Waals surface area (Å²) in [5, 5.41) is 0. The zero-order valence-electron chi connectivity index (χ0n) is 18.9. The molecule has 0 radical (unpaired) electrons. The van der Waals surface area contributed by atoms with Crippen molar-refractivity contribution in [1.29, 1.82) is 0 Å². The number of unbranched alkanes of at least 4 members (excludes halogenated alkanes) is 3. The van der Waals surface area contributed by atoms with E-state index >= 15 is 0 Å². The minimum atomic E-state index is -1.89. The fourth-order valence-corrected chi connectivity index (χ4v) is 1.95. The van der Waals surface area contributed by atoms with Gasteiger partial charge in [0.05, 0.1) is 7.11 Å². The van der Waals surface area contributed by atoms with Gasteiger partial charge in [0, 0.05) is 11.9 Å². The van der Waals surface area contributed by atoms with Crippen LogP contribution in [0.1, 0.15) is 89.4 Å². The summed E-state index contributed by atoms with van der Waals surface area (Å²) in [6, 6.07) is 0. The number of methoxy groups -OCH3 is 1. The van der Waals surface area contributed by atoms with Gasteiger partial charge in [-0.1, -0.05) is 75.4 Å². The molecule has 0 unspecified atom stereocenters. The van der Waals surface area contributed by atoms with Crippen LogP contribution in [0.5, 0.6) is 0 Å². The quantitative estimate of drug-likeness (QED) is 0.194. The molecule has 0 aromatic heterocycles. The fraction of sp³-hybridized carbons (Fsp3) is 0.667. The van der Waals surface area contributed by atoms with Crippen molar-refractivity contribution in [2.75, 3.05) is 7.11 Å². The van der Waals surface area contributed by atoms with E-state index in [-0.39, 0.29) is 18.8 Å². The number of ether oxygens (including phenoxy) is 1. The Labute approximate surface area is 149 Å². The molecule has 0 saturated carbocycles. The van der Waals surface area contributed by atoms with Crippen LogP contribution in [0.15, 0.2) is 36.5 Å². The third kappa shape index (κ3) is 18.6. The highest BCUT2D eigenvalue weighted by Crippen LogP contribution is 2.10. The molecular weight excluding hydrogens is 284 g/mol. The van der Waals surface area contributed by atoms with Crippen LogP contribution in [0.2, 0.25) is 0 Å². The van der Waals surface area contributed by atoms with Crippen molar-refractivity contribution in [1.82, 2.24) is 0 Å². The Balaban J connectivity index is 4.09. The average molecular weight is 325 g/mol. The smallest absolute Gasteiger partial charge is 0.305 e. The zero-order chi connectivity index (χ0) is 20.6. The maximum absolute atomic E-state index is 11.0. The summed E-state index contributed by atoms with van der Waals surface area (Å²) in [7, 11) is 1.37. The van der Waals surface area contributed by atoms with Crippen molar-refractivity contribution < 1.29 is 15.0 Å². The first-order valence-corrected chi connectivity index (χ1v) is 8.78. The van der Waals surface area contributed by atoms with Gasteiger partial charge in [0.1, 0.15) is 0 Å². The van der Waals surface area contributed by atoms with Gasteiger partial charge < -0.3 is 4.74 Å². The first-order chi connectivity index (χ1) is 12.8. The number of esters is 1. The van der Waals surface area contributed by atoms with Crippen LogP contribution >= 0.6 is 0 Å². The van der Waals surface area contributed by atoms with Gasteiger partial charge in [0.15, 0.2) is 0 Å². The van der Waals surface area contributed by atoms with Crippen LogP contribution < -0.4 is 0 Å². The van der Waals surface area contributed by atoms with Gasteiger partial charge in [0.2, 0.25) is 0 Å². The van der Waals surface area contributed by atoms with Crippen LogP contribution in [-0.4, -0.2) is 13.1 Å². The minimum Gasteiger partial charge on any atom is -0.469 e. The molecule has 0 aromatic carbocycles. The Morgan fingerprint density at radius 1 is 0.870 bits per heavy atom. The maximum Gasteiger partial charge on any atom is 0.305 e. The van der Waals surface area contributed by atoms with Gasteiger partial charge >= 0.3 is 5.97 Å². The average Bonchev–Trinajstić information content (AvgIpc) is 2.62. The van der Waals surface area contributed by atoms with E-state index in [1.54, 1.807) is 6.08 Å². The van der Waals surface area contributed by atoms with Crippen molar-refractivity contribution in [3.8, 4) is 0 Å². The van der Waals surface area contributed by atoms with Crippen molar-refractivity contribution in [3.05, 3.63) is 36.5 Å². The van der Waals surface area contributed by atoms with Crippen LogP contribution in [0.3, 0.4) is 0 Å². The first-order valence-electron chi connectivity index (χ1n) is 10.8. The number of carbonyl (C=O) groups excluding carboxylic acids is 1. The van der Waals surface area contributed by atoms with Crippen molar-refractivity contribution in [3.63, 3.8) is 0 Å². The van der Waals surface area contributed by atoms with E-state index in [1.807, 2.05) is 12.2 Å². The van der Waals surface area contributed by atoms with E-state index in [0.717, 1.165) is 38.5 Å². The number of allylic oxidation sites excluding steroid dienone is 6. The second kappa shape index (κ2) is 18.7. The van der Waals surface area contributed by atoms with Crippen molar-refractivity contribution in [2.24, 2.45) is 0 Å². The third-order valence-electron chi connectivity index (χ3n) is 3.29. The van der Waals surface area contributed by atoms with Crippen molar-refractivity contribution in [2.45, 2.75) is 83.9 Å². The van der Waals surface area contributed by atoms with E-state index in [4.69, 9.17) is 5.48 Å². The van der Waals surface area contributed by atoms with Gasteiger partial charge in [-0.25, -0.2) is 0 Å². The lowest BCUT2D eigenvalue weighted by Crippen LogP contribution is -1.99. The topological polar surface area (TPSA) is 26.3 Å². The summed E-state index contributed by atoms with van der Waals surface area (Å²) in [4.78, 5) is 11.0. The van der Waals surface area contributed by atoms with Crippen LogP contribution in [-0.2, 0) is 9.53 Å². The van der Waals surface area contributed by atoms with E-state index in [0.29, 0.717) is 12.8 Å². The Hall–Kier alpha value is -1.31. The van der Waals surface area contributed by atoms with Gasteiger partial charge in [0.25, 0.3) is 0 Å². The highest BCUT2D eigenvalue weighted by atomic mass is 16.5. The molecule has 0 saturated heterocycles. The molecule has 2 heteroatoms. The summed E-state index contributed by atoms with van der Waals surface area (Å²) in [5.74, 6) is -0.222. The largest absolute Gasteiger partial charge is 0.469 e. The molecule has 0 fully saturated rings. The predicted molar refractivity (Wildman–Crippen MR) is 101 cm³/mol. The van der Waals surface area contributed by atoms with E-state index < -0.39 is 12.7 Å². The molecule has 0 heterocycles. The van der Waals surface area contributed by atoms with Gasteiger partial charge in [-0.05, 0) is 38.5 Å². The first kappa shape index (κ1) is 15.2. The highest BCUT2D eigenvalue weighted by Gasteiger charge is 1.98. The SMILES string of the molecule is [2H]C([2H])(C/C=C/C/C=C/C/C=C/CC)C([2H])([2H])CCCCCCC(=O)OC. The number of hydrogen-bond donors (Lipinski definition) is 0. The van der Waals surface area contributed by atoms with Crippen molar-refractivity contribution >= 4 is 5.97 Å². The molecule has 0 rings (SSSR count).